The molecular formula is C38H43N7O2. The molecule has 4 aliphatic rings. The summed E-state index contributed by atoms with van der Waals surface area (Å²) in [5, 5.41) is 22.7. The van der Waals surface area contributed by atoms with Crippen LogP contribution < -0.4 is 14.5 Å². The standard InChI is InChI=1S/C38H43N7O2/c1-3-35(46)45-19-18-44(24-30(45)13-15-39)37-31-14-17-43(34-10-5-9-28-8-4-7-26(2)36(28)34)25-33(31)41-38(32(37)22-40)47-20-6-16-42-23-27-11-12-29(42)21-27/h3-5,7-10,27,29-30H,1,6,11-14,16-21,23-25H2,2H3/t27-,29+,30+/m1/s1. The number of piperidine rings is 1. The number of anilines is 2. The summed E-state index contributed by atoms with van der Waals surface area (Å²) < 4.78 is 6.41. The smallest absolute Gasteiger partial charge is 0.246 e. The summed E-state index contributed by atoms with van der Waals surface area (Å²) in [7, 11) is 0. The molecule has 242 valence electrons. The molecule has 1 aliphatic carbocycles. The van der Waals surface area contributed by atoms with Gasteiger partial charge in [0.25, 0.3) is 0 Å². The number of pyridine rings is 1. The van der Waals surface area contributed by atoms with Crippen LogP contribution in [-0.2, 0) is 17.8 Å². The topological polar surface area (TPSA) is 99.7 Å². The maximum absolute atomic E-state index is 12.7. The third kappa shape index (κ3) is 5.90. The van der Waals surface area contributed by atoms with Crippen molar-refractivity contribution in [1.29, 1.82) is 10.5 Å². The van der Waals surface area contributed by atoms with Crippen molar-refractivity contribution in [2.75, 3.05) is 55.7 Å². The fraction of sp³-hybridized carbons (Fsp3) is 0.474. The highest BCUT2D eigenvalue weighted by Crippen LogP contribution is 2.40. The molecule has 3 atom stereocenters. The van der Waals surface area contributed by atoms with Gasteiger partial charge in [-0.2, -0.15) is 10.5 Å². The van der Waals surface area contributed by atoms with Gasteiger partial charge in [0.15, 0.2) is 0 Å². The number of amides is 1. The number of fused-ring (bicyclic) bond motifs is 4. The van der Waals surface area contributed by atoms with Gasteiger partial charge in [-0.05, 0) is 68.0 Å². The van der Waals surface area contributed by atoms with Gasteiger partial charge in [-0.1, -0.05) is 36.9 Å². The zero-order valence-corrected chi connectivity index (χ0v) is 27.3. The van der Waals surface area contributed by atoms with Crippen molar-refractivity contribution in [3.8, 4) is 18.0 Å². The summed E-state index contributed by atoms with van der Waals surface area (Å²) in [5.74, 6) is 1.08. The van der Waals surface area contributed by atoms with E-state index in [1.54, 1.807) is 4.90 Å². The lowest BCUT2D eigenvalue weighted by molar-refractivity contribution is -0.128. The Kier molecular flexibility index (Phi) is 8.75. The fourth-order valence-electron chi connectivity index (χ4n) is 8.55. The Labute approximate surface area is 277 Å². The van der Waals surface area contributed by atoms with E-state index < -0.39 is 0 Å². The number of nitrogens with zero attached hydrogens (tertiary/aromatic N) is 7. The van der Waals surface area contributed by atoms with Gasteiger partial charge < -0.3 is 19.4 Å². The zero-order chi connectivity index (χ0) is 32.5. The van der Waals surface area contributed by atoms with Crippen LogP contribution in [0.5, 0.6) is 5.88 Å². The van der Waals surface area contributed by atoms with Crippen LogP contribution in [0.25, 0.3) is 10.8 Å². The Balaban J connectivity index is 1.21. The monoisotopic (exact) mass is 629 g/mol. The molecule has 2 bridgehead atoms. The highest BCUT2D eigenvalue weighted by molar-refractivity contribution is 5.97. The van der Waals surface area contributed by atoms with E-state index >= 15 is 0 Å². The molecule has 9 nitrogen and oxygen atoms in total. The number of rotatable bonds is 9. The number of carbonyl (C=O) groups is 1. The van der Waals surface area contributed by atoms with Gasteiger partial charge in [0, 0.05) is 61.9 Å². The summed E-state index contributed by atoms with van der Waals surface area (Å²) in [4.78, 5) is 26.7. The quantitative estimate of drug-likeness (QED) is 0.231. The molecule has 0 unspecified atom stereocenters. The molecule has 2 aromatic carbocycles. The molecule has 9 heteroatoms. The first-order valence-corrected chi connectivity index (χ1v) is 17.1. The Morgan fingerprint density at radius 1 is 1.11 bits per heavy atom. The summed E-state index contributed by atoms with van der Waals surface area (Å²) in [6.07, 6.45) is 7.15. The Hall–Kier alpha value is -4.60. The number of hydrogen-bond acceptors (Lipinski definition) is 8. The number of piperazine rings is 1. The maximum atomic E-state index is 12.7. The third-order valence-electron chi connectivity index (χ3n) is 10.8. The number of aryl methyl sites for hydroxylation is 1. The first-order valence-electron chi connectivity index (χ1n) is 17.1. The highest BCUT2D eigenvalue weighted by Gasteiger charge is 2.38. The normalized spacial score (nSPS) is 22.2. The van der Waals surface area contributed by atoms with E-state index in [9.17, 15) is 15.3 Å². The van der Waals surface area contributed by atoms with Gasteiger partial charge in [-0.25, -0.2) is 4.98 Å². The summed E-state index contributed by atoms with van der Waals surface area (Å²) in [6, 6.07) is 18.0. The Morgan fingerprint density at radius 3 is 2.70 bits per heavy atom. The van der Waals surface area contributed by atoms with Crippen LogP contribution in [0.3, 0.4) is 0 Å². The van der Waals surface area contributed by atoms with E-state index in [2.05, 4.69) is 76.7 Å². The molecule has 1 saturated carbocycles. The van der Waals surface area contributed by atoms with Crippen molar-refractivity contribution in [3.05, 3.63) is 71.4 Å². The minimum absolute atomic E-state index is 0.168. The highest BCUT2D eigenvalue weighted by atomic mass is 16.5. The van der Waals surface area contributed by atoms with Gasteiger partial charge in [0.1, 0.15) is 11.6 Å². The number of hydrogen-bond donors (Lipinski definition) is 0. The van der Waals surface area contributed by atoms with Gasteiger partial charge in [0.2, 0.25) is 11.8 Å². The van der Waals surface area contributed by atoms with Gasteiger partial charge in [0.05, 0.1) is 43.1 Å². The first-order chi connectivity index (χ1) is 23.0. The van der Waals surface area contributed by atoms with Crippen molar-refractivity contribution < 1.29 is 9.53 Å². The maximum Gasteiger partial charge on any atom is 0.246 e. The second-order valence-corrected chi connectivity index (χ2v) is 13.5. The molecule has 3 aliphatic heterocycles. The molecule has 3 fully saturated rings. The third-order valence-corrected chi connectivity index (χ3v) is 10.8. The minimum atomic E-state index is -0.298. The van der Waals surface area contributed by atoms with Gasteiger partial charge in [-0.3, -0.25) is 9.69 Å². The molecule has 1 amide bonds. The van der Waals surface area contributed by atoms with E-state index in [4.69, 9.17) is 9.72 Å². The molecule has 0 N–H and O–H groups in total. The van der Waals surface area contributed by atoms with E-state index in [0.29, 0.717) is 44.2 Å². The average Bonchev–Trinajstić information content (AvgIpc) is 3.73. The zero-order valence-electron chi connectivity index (χ0n) is 27.3. The molecule has 47 heavy (non-hydrogen) atoms. The molecule has 7 rings (SSSR count). The van der Waals surface area contributed by atoms with Crippen LogP contribution in [0.1, 0.15) is 54.5 Å². The lowest BCUT2D eigenvalue weighted by Gasteiger charge is -2.43. The molecular weight excluding hydrogens is 586 g/mol. The lowest BCUT2D eigenvalue weighted by Crippen LogP contribution is -2.55. The largest absolute Gasteiger partial charge is 0.477 e. The predicted octanol–water partition coefficient (Wildman–Crippen LogP) is 5.35. The summed E-state index contributed by atoms with van der Waals surface area (Å²) >= 11 is 0. The number of ether oxygens (including phenoxy) is 1. The number of likely N-dealkylation sites (tertiary alicyclic amines) is 1. The molecule has 4 heterocycles. The predicted molar refractivity (Wildman–Crippen MR) is 183 cm³/mol. The molecule has 0 radical (unpaired) electrons. The Morgan fingerprint density at radius 2 is 1.96 bits per heavy atom. The average molecular weight is 630 g/mol. The van der Waals surface area contributed by atoms with Crippen molar-refractivity contribution in [2.45, 2.75) is 64.1 Å². The van der Waals surface area contributed by atoms with Crippen molar-refractivity contribution in [2.24, 2.45) is 5.92 Å². The van der Waals surface area contributed by atoms with Crippen LogP contribution >= 0.6 is 0 Å². The summed E-state index contributed by atoms with van der Waals surface area (Å²) in [6.45, 7) is 11.4. The van der Waals surface area contributed by atoms with Crippen molar-refractivity contribution in [3.63, 3.8) is 0 Å². The van der Waals surface area contributed by atoms with Crippen molar-refractivity contribution in [1.82, 2.24) is 14.8 Å². The van der Waals surface area contributed by atoms with Crippen LogP contribution in [0.2, 0.25) is 0 Å². The SMILES string of the molecule is C=CC(=O)N1CCN(c2c(C#N)c(OCCCN3C[C@@H]4CC[C@H]3C4)nc3c2CCN(c2cccc4cccc(C)c24)C3)C[C@@H]1CC#N. The van der Waals surface area contributed by atoms with Crippen molar-refractivity contribution >= 4 is 28.1 Å². The molecule has 2 saturated heterocycles. The van der Waals surface area contributed by atoms with Crippen LogP contribution in [0.4, 0.5) is 11.4 Å². The second kappa shape index (κ2) is 13.3. The number of carbonyl (C=O) groups excluding carboxylic acids is 1. The molecule has 3 aromatic rings. The molecule has 0 spiro atoms. The Bertz CT molecular complexity index is 1770. The van der Waals surface area contributed by atoms with Crippen LogP contribution in [-0.4, -0.2) is 78.7 Å². The fourth-order valence-corrected chi connectivity index (χ4v) is 8.55. The van der Waals surface area contributed by atoms with Gasteiger partial charge in [-0.15, -0.1) is 0 Å². The number of nitriles is 2. The van der Waals surface area contributed by atoms with Gasteiger partial charge >= 0.3 is 0 Å². The second-order valence-electron chi connectivity index (χ2n) is 13.5. The molecule has 1 aromatic heterocycles. The first kappa shape index (κ1) is 31.0. The van der Waals surface area contributed by atoms with E-state index in [1.165, 1.54) is 53.9 Å². The lowest BCUT2D eigenvalue weighted by atomic mass is 9.95. The number of benzene rings is 2. The van der Waals surface area contributed by atoms with Crippen LogP contribution in [0, 0.1) is 35.5 Å². The van der Waals surface area contributed by atoms with Crippen LogP contribution in [0.15, 0.2) is 49.1 Å². The van der Waals surface area contributed by atoms with E-state index in [-0.39, 0.29) is 18.4 Å². The van der Waals surface area contributed by atoms with E-state index in [1.807, 2.05) is 0 Å². The summed E-state index contributed by atoms with van der Waals surface area (Å²) in [5.41, 5.74) is 5.72. The van der Waals surface area contributed by atoms with E-state index in [0.717, 1.165) is 54.8 Å². The minimum Gasteiger partial charge on any atom is -0.477 e. The number of aromatic nitrogens is 1.